The Labute approximate surface area is 129 Å². The molecule has 0 aromatic heterocycles. The molecule has 21 heavy (non-hydrogen) atoms. The highest BCUT2D eigenvalue weighted by Gasteiger charge is 2.01. The number of nitrogens with one attached hydrogen (secondary N) is 1. The molecule has 6 nitrogen and oxygen atoms in total. The Hall–Kier alpha value is -1.41. The fourth-order valence-electron chi connectivity index (χ4n) is 1.33. The van der Waals surface area contributed by atoms with Crippen LogP contribution in [0.3, 0.4) is 0 Å². The van der Waals surface area contributed by atoms with E-state index in [0.717, 1.165) is 5.56 Å². The van der Waals surface area contributed by atoms with Crippen LogP contribution in [-0.4, -0.2) is 39.8 Å². The maximum atomic E-state index is 11.5. The number of primary sulfonamides is 1. The summed E-state index contributed by atoms with van der Waals surface area (Å²) < 4.78 is 26.3. The van der Waals surface area contributed by atoms with Crippen molar-refractivity contribution < 1.29 is 17.9 Å². The first-order chi connectivity index (χ1) is 9.87. The van der Waals surface area contributed by atoms with Gasteiger partial charge in [-0.05, 0) is 23.8 Å². The van der Waals surface area contributed by atoms with Gasteiger partial charge >= 0.3 is 0 Å². The summed E-state index contributed by atoms with van der Waals surface area (Å²) in [7, 11) is -3.50. The molecule has 0 spiro atoms. The lowest BCUT2D eigenvalue weighted by Gasteiger charge is -2.04. The second kappa shape index (κ2) is 8.78. The predicted octanol–water partition coefficient (Wildman–Crippen LogP) is 0.774. The van der Waals surface area contributed by atoms with E-state index in [1.165, 1.54) is 6.08 Å². The van der Waals surface area contributed by atoms with Gasteiger partial charge in [0, 0.05) is 17.6 Å². The maximum absolute atomic E-state index is 11.5. The quantitative estimate of drug-likeness (QED) is 0.542. The molecule has 0 saturated heterocycles. The Kier molecular flexibility index (Phi) is 7.38. The standard InChI is InChI=1S/C13H17ClN2O4S/c14-12-4-1-11(2-5-12)3-6-13(17)16-7-8-20-9-10-21(15,18)19/h1-6H,7-10H2,(H,16,17)(H2,15,18,19). The smallest absolute Gasteiger partial charge is 0.244 e. The molecule has 8 heteroatoms. The number of hydrogen-bond donors (Lipinski definition) is 2. The number of carbonyl (C=O) groups excluding carboxylic acids is 1. The SMILES string of the molecule is NS(=O)(=O)CCOCCNC(=O)C=Cc1ccc(Cl)cc1. The summed E-state index contributed by atoms with van der Waals surface area (Å²) in [6, 6.07) is 7.06. The molecule has 0 bridgehead atoms. The summed E-state index contributed by atoms with van der Waals surface area (Å²) >= 11 is 5.75. The first kappa shape index (κ1) is 17.6. The van der Waals surface area contributed by atoms with Gasteiger partial charge < -0.3 is 10.1 Å². The first-order valence-corrected chi connectivity index (χ1v) is 8.26. The third-order valence-electron chi connectivity index (χ3n) is 2.35. The normalized spacial score (nSPS) is 11.7. The van der Waals surface area contributed by atoms with E-state index in [9.17, 15) is 13.2 Å². The monoisotopic (exact) mass is 332 g/mol. The third-order valence-corrected chi connectivity index (χ3v) is 3.34. The zero-order valence-corrected chi connectivity index (χ0v) is 12.9. The molecule has 0 saturated carbocycles. The van der Waals surface area contributed by atoms with E-state index < -0.39 is 10.0 Å². The molecule has 3 N–H and O–H groups in total. The van der Waals surface area contributed by atoms with Gasteiger partial charge in [-0.25, -0.2) is 13.6 Å². The van der Waals surface area contributed by atoms with Crippen molar-refractivity contribution in [1.82, 2.24) is 5.32 Å². The highest BCUT2D eigenvalue weighted by molar-refractivity contribution is 7.89. The Bertz CT molecular complexity index is 585. The third kappa shape index (κ3) is 9.19. The van der Waals surface area contributed by atoms with E-state index in [2.05, 4.69) is 5.32 Å². The highest BCUT2D eigenvalue weighted by Crippen LogP contribution is 2.10. The summed E-state index contributed by atoms with van der Waals surface area (Å²) in [6.45, 7) is 0.514. The van der Waals surface area contributed by atoms with Crippen molar-refractivity contribution >= 4 is 33.6 Å². The second-order valence-corrected chi connectivity index (χ2v) is 6.33. The summed E-state index contributed by atoms with van der Waals surface area (Å²) in [5, 5.41) is 8.04. The fourth-order valence-corrected chi connectivity index (χ4v) is 1.80. The van der Waals surface area contributed by atoms with Gasteiger partial charge in [0.25, 0.3) is 0 Å². The van der Waals surface area contributed by atoms with Crippen molar-refractivity contribution in [2.45, 2.75) is 0 Å². The molecular formula is C13H17ClN2O4S. The van der Waals surface area contributed by atoms with Crippen LogP contribution in [0, 0.1) is 0 Å². The molecule has 0 radical (unpaired) electrons. The number of ether oxygens (including phenoxy) is 1. The Morgan fingerprint density at radius 1 is 1.29 bits per heavy atom. The van der Waals surface area contributed by atoms with Gasteiger partial charge in [-0.3, -0.25) is 4.79 Å². The number of nitrogens with two attached hydrogens (primary N) is 1. The van der Waals surface area contributed by atoms with Crippen LogP contribution in [0.5, 0.6) is 0 Å². The van der Waals surface area contributed by atoms with E-state index in [4.69, 9.17) is 21.5 Å². The number of rotatable bonds is 8. The van der Waals surface area contributed by atoms with Gasteiger partial charge in [-0.15, -0.1) is 0 Å². The highest BCUT2D eigenvalue weighted by atomic mass is 35.5. The largest absolute Gasteiger partial charge is 0.379 e. The van der Waals surface area contributed by atoms with Crippen molar-refractivity contribution in [3.05, 3.63) is 40.9 Å². The Balaban J connectivity index is 2.18. The number of carbonyl (C=O) groups is 1. The topological polar surface area (TPSA) is 98.5 Å². The molecule has 0 aliphatic rings. The van der Waals surface area contributed by atoms with Crippen LogP contribution in [-0.2, 0) is 19.6 Å². The van der Waals surface area contributed by atoms with Crippen LogP contribution >= 0.6 is 11.6 Å². The minimum Gasteiger partial charge on any atom is -0.379 e. The minimum atomic E-state index is -3.50. The Morgan fingerprint density at radius 3 is 2.57 bits per heavy atom. The van der Waals surface area contributed by atoms with Gasteiger partial charge in [0.05, 0.1) is 19.0 Å². The van der Waals surface area contributed by atoms with Gasteiger partial charge in [0.2, 0.25) is 15.9 Å². The molecular weight excluding hydrogens is 316 g/mol. The Morgan fingerprint density at radius 2 is 1.95 bits per heavy atom. The number of amides is 1. The molecule has 0 fully saturated rings. The van der Waals surface area contributed by atoms with Crippen molar-refractivity contribution in [2.24, 2.45) is 5.14 Å². The number of hydrogen-bond acceptors (Lipinski definition) is 4. The van der Waals surface area contributed by atoms with Gasteiger partial charge in [-0.1, -0.05) is 23.7 Å². The zero-order valence-electron chi connectivity index (χ0n) is 11.3. The molecule has 1 amide bonds. The van der Waals surface area contributed by atoms with E-state index in [-0.39, 0.29) is 31.4 Å². The van der Waals surface area contributed by atoms with E-state index in [1.807, 2.05) is 0 Å². The minimum absolute atomic E-state index is 0.00924. The van der Waals surface area contributed by atoms with Crippen molar-refractivity contribution in [3.8, 4) is 0 Å². The molecule has 0 atom stereocenters. The van der Waals surface area contributed by atoms with Gasteiger partial charge in [0.1, 0.15) is 0 Å². The number of sulfonamides is 1. The molecule has 1 aromatic rings. The van der Waals surface area contributed by atoms with E-state index in [0.29, 0.717) is 5.02 Å². The van der Waals surface area contributed by atoms with Gasteiger partial charge in [-0.2, -0.15) is 0 Å². The van der Waals surface area contributed by atoms with Crippen molar-refractivity contribution in [2.75, 3.05) is 25.5 Å². The second-order valence-electron chi connectivity index (χ2n) is 4.16. The summed E-state index contributed by atoms with van der Waals surface area (Å²) in [4.78, 5) is 11.5. The fraction of sp³-hybridized carbons (Fsp3) is 0.308. The molecule has 1 aromatic carbocycles. The van der Waals surface area contributed by atoms with Crippen LogP contribution in [0.2, 0.25) is 5.02 Å². The zero-order chi connectivity index (χ0) is 15.7. The average Bonchev–Trinajstić information content (AvgIpc) is 2.41. The van der Waals surface area contributed by atoms with Crippen LogP contribution in [0.4, 0.5) is 0 Å². The average molecular weight is 333 g/mol. The van der Waals surface area contributed by atoms with Crippen LogP contribution in [0.25, 0.3) is 6.08 Å². The molecule has 0 aliphatic carbocycles. The van der Waals surface area contributed by atoms with Gasteiger partial charge in [0.15, 0.2) is 0 Å². The van der Waals surface area contributed by atoms with Crippen molar-refractivity contribution in [1.29, 1.82) is 0 Å². The summed E-state index contributed by atoms with van der Waals surface area (Å²) in [6.07, 6.45) is 3.06. The lowest BCUT2D eigenvalue weighted by atomic mass is 10.2. The van der Waals surface area contributed by atoms with Crippen LogP contribution in [0.1, 0.15) is 5.56 Å². The van der Waals surface area contributed by atoms with Crippen LogP contribution in [0.15, 0.2) is 30.3 Å². The summed E-state index contributed by atoms with van der Waals surface area (Å²) in [5.74, 6) is -0.503. The number of halogens is 1. The van der Waals surface area contributed by atoms with Crippen LogP contribution < -0.4 is 10.5 Å². The van der Waals surface area contributed by atoms with E-state index in [1.54, 1.807) is 30.3 Å². The number of benzene rings is 1. The van der Waals surface area contributed by atoms with E-state index >= 15 is 0 Å². The molecule has 0 aliphatic heterocycles. The van der Waals surface area contributed by atoms with Crippen molar-refractivity contribution in [3.63, 3.8) is 0 Å². The lowest BCUT2D eigenvalue weighted by Crippen LogP contribution is -2.27. The molecule has 0 heterocycles. The first-order valence-electron chi connectivity index (χ1n) is 6.16. The molecule has 1 rings (SSSR count). The molecule has 116 valence electrons. The molecule has 0 unspecified atom stereocenters. The summed E-state index contributed by atoms with van der Waals surface area (Å²) in [5.41, 5.74) is 0.860. The maximum Gasteiger partial charge on any atom is 0.244 e. The predicted molar refractivity (Wildman–Crippen MR) is 82.3 cm³/mol. The lowest BCUT2D eigenvalue weighted by molar-refractivity contribution is -0.116.